The van der Waals surface area contributed by atoms with Gasteiger partial charge >= 0.3 is 18.1 Å². The minimum absolute atomic E-state index is 0.111. The Bertz CT molecular complexity index is 1140. The number of ether oxygens (including phenoxy) is 1. The van der Waals surface area contributed by atoms with Crippen molar-refractivity contribution in [2.75, 3.05) is 19.4 Å². The Hall–Kier alpha value is -2.57. The van der Waals surface area contributed by atoms with E-state index in [2.05, 4.69) is 4.72 Å². The van der Waals surface area contributed by atoms with Crippen LogP contribution in [0, 0.1) is 0 Å². The molecule has 34 heavy (non-hydrogen) atoms. The molecule has 1 atom stereocenters. The van der Waals surface area contributed by atoms with E-state index in [4.69, 9.17) is 4.74 Å². The summed E-state index contributed by atoms with van der Waals surface area (Å²) < 4.78 is 71.4. The molecule has 1 aliphatic rings. The van der Waals surface area contributed by atoms with Gasteiger partial charge in [-0.15, -0.1) is 0 Å². The molecule has 1 heterocycles. The summed E-state index contributed by atoms with van der Waals surface area (Å²) in [6.45, 7) is -0.469. The van der Waals surface area contributed by atoms with Gasteiger partial charge in [-0.05, 0) is 35.2 Å². The van der Waals surface area contributed by atoms with Crippen LogP contribution in [0.4, 0.5) is 13.2 Å². The summed E-state index contributed by atoms with van der Waals surface area (Å²) in [4.78, 5) is 24.2. The Morgan fingerprint density at radius 2 is 1.85 bits per heavy atom. The average molecular weight is 517 g/mol. The van der Waals surface area contributed by atoms with Crippen LogP contribution in [-0.4, -0.2) is 56.8 Å². The molecular weight excluding hydrogens is 493 g/mol. The SMILES string of the molecule is COC(=O)[C@H](CSCc1ccccc1)NS(=O)(=O)c1ccc2c(c1)CN(C(=O)C(F)(F)F)CC2. The first-order valence-corrected chi connectivity index (χ1v) is 12.8. The monoisotopic (exact) mass is 516 g/mol. The number of fused-ring (bicyclic) bond motifs is 1. The van der Waals surface area contributed by atoms with Crippen molar-refractivity contribution in [3.8, 4) is 0 Å². The van der Waals surface area contributed by atoms with Crippen molar-refractivity contribution >= 4 is 33.7 Å². The Morgan fingerprint density at radius 1 is 1.15 bits per heavy atom. The number of esters is 1. The number of carbonyl (C=O) groups is 2. The molecule has 0 saturated heterocycles. The topological polar surface area (TPSA) is 92.8 Å². The largest absolute Gasteiger partial charge is 0.471 e. The van der Waals surface area contributed by atoms with Gasteiger partial charge in [-0.2, -0.15) is 29.7 Å². The lowest BCUT2D eigenvalue weighted by Crippen LogP contribution is -2.44. The Kier molecular flexibility index (Phi) is 8.26. The molecule has 0 saturated carbocycles. The number of thioether (sulfide) groups is 1. The maximum absolute atomic E-state index is 13.0. The third-order valence-corrected chi connectivity index (χ3v) is 7.79. The van der Waals surface area contributed by atoms with Crippen LogP contribution in [0.1, 0.15) is 16.7 Å². The second-order valence-corrected chi connectivity index (χ2v) is 10.3. The van der Waals surface area contributed by atoms with E-state index in [1.807, 2.05) is 30.3 Å². The van der Waals surface area contributed by atoms with E-state index in [0.29, 0.717) is 21.8 Å². The van der Waals surface area contributed by atoms with Crippen molar-refractivity contribution in [2.45, 2.75) is 35.8 Å². The molecule has 12 heteroatoms. The first-order valence-electron chi connectivity index (χ1n) is 10.2. The van der Waals surface area contributed by atoms with E-state index < -0.39 is 34.1 Å². The number of carbonyl (C=O) groups excluding carboxylic acids is 2. The van der Waals surface area contributed by atoms with E-state index in [0.717, 1.165) is 12.7 Å². The number of sulfonamides is 1. The fraction of sp³-hybridized carbons (Fsp3) is 0.364. The number of methoxy groups -OCH3 is 1. The number of rotatable bonds is 8. The zero-order valence-electron chi connectivity index (χ0n) is 18.2. The number of benzene rings is 2. The van der Waals surface area contributed by atoms with Crippen molar-refractivity contribution in [3.05, 3.63) is 65.2 Å². The molecule has 2 aromatic rings. The lowest BCUT2D eigenvalue weighted by Gasteiger charge is -2.29. The zero-order valence-corrected chi connectivity index (χ0v) is 19.8. The highest BCUT2D eigenvalue weighted by Gasteiger charge is 2.43. The molecule has 1 aliphatic heterocycles. The van der Waals surface area contributed by atoms with Crippen LogP contribution in [0.15, 0.2) is 53.4 Å². The summed E-state index contributed by atoms with van der Waals surface area (Å²) in [7, 11) is -3.05. The molecule has 0 radical (unpaired) electrons. The lowest BCUT2D eigenvalue weighted by atomic mass is 10.00. The van der Waals surface area contributed by atoms with Gasteiger partial charge < -0.3 is 9.64 Å². The molecule has 1 amide bonds. The average Bonchev–Trinajstić information content (AvgIpc) is 2.81. The van der Waals surface area contributed by atoms with Crippen molar-refractivity contribution in [2.24, 2.45) is 0 Å². The molecule has 2 aromatic carbocycles. The first kappa shape index (κ1) is 26.0. The molecule has 0 fully saturated rings. The number of amides is 1. The highest BCUT2D eigenvalue weighted by molar-refractivity contribution is 7.98. The fourth-order valence-electron chi connectivity index (χ4n) is 3.47. The normalized spacial score (nSPS) is 14.9. The standard InChI is InChI=1S/C22H23F3N2O5S2/c1-32-20(28)19(14-33-13-15-5-3-2-4-6-15)26-34(30,31)18-8-7-16-9-10-27(12-17(16)11-18)21(29)22(23,24)25/h2-8,11,19,26H,9-10,12-14H2,1H3/t19-/m0/s1. The minimum atomic E-state index is -5.01. The van der Waals surface area contributed by atoms with Gasteiger partial charge in [0.1, 0.15) is 6.04 Å². The summed E-state index contributed by atoms with van der Waals surface area (Å²) in [6, 6.07) is 12.3. The quantitative estimate of drug-likeness (QED) is 0.543. The maximum atomic E-state index is 13.0. The molecule has 0 aliphatic carbocycles. The van der Waals surface area contributed by atoms with Gasteiger partial charge in [0.05, 0.1) is 12.0 Å². The lowest BCUT2D eigenvalue weighted by molar-refractivity contribution is -0.186. The van der Waals surface area contributed by atoms with E-state index in [-0.39, 0.29) is 30.2 Å². The summed E-state index contributed by atoms with van der Waals surface area (Å²) in [5.41, 5.74) is 1.97. The van der Waals surface area contributed by atoms with Gasteiger partial charge in [-0.1, -0.05) is 36.4 Å². The van der Waals surface area contributed by atoms with Gasteiger partial charge in [0.25, 0.3) is 0 Å². The number of nitrogens with zero attached hydrogens (tertiary/aromatic N) is 1. The van der Waals surface area contributed by atoms with Crippen LogP contribution in [-0.2, 0) is 43.1 Å². The van der Waals surface area contributed by atoms with E-state index >= 15 is 0 Å². The summed E-state index contributed by atoms with van der Waals surface area (Å²) in [5, 5.41) is 0. The molecular formula is C22H23F3N2O5S2. The van der Waals surface area contributed by atoms with Gasteiger partial charge in [-0.3, -0.25) is 9.59 Å². The Labute approximate surface area is 199 Å². The molecule has 184 valence electrons. The smallest absolute Gasteiger partial charge is 0.468 e. The van der Waals surface area contributed by atoms with Crippen molar-refractivity contribution in [1.82, 2.24) is 9.62 Å². The van der Waals surface area contributed by atoms with Crippen LogP contribution >= 0.6 is 11.8 Å². The molecule has 3 rings (SSSR count). The Balaban J connectivity index is 1.73. The summed E-state index contributed by atoms with van der Waals surface area (Å²) in [5.74, 6) is -2.06. The van der Waals surface area contributed by atoms with Crippen LogP contribution in [0.5, 0.6) is 0 Å². The second kappa shape index (κ2) is 10.8. The first-order chi connectivity index (χ1) is 16.0. The number of hydrogen-bond donors (Lipinski definition) is 1. The molecule has 0 spiro atoms. The van der Waals surface area contributed by atoms with Crippen LogP contribution < -0.4 is 4.72 Å². The van der Waals surface area contributed by atoms with E-state index in [9.17, 15) is 31.2 Å². The van der Waals surface area contributed by atoms with Crippen molar-refractivity contribution in [3.63, 3.8) is 0 Å². The highest BCUT2D eigenvalue weighted by atomic mass is 32.2. The predicted octanol–water partition coefficient (Wildman–Crippen LogP) is 2.89. The molecule has 0 unspecified atom stereocenters. The van der Waals surface area contributed by atoms with Crippen molar-refractivity contribution in [1.29, 1.82) is 0 Å². The van der Waals surface area contributed by atoms with Gasteiger partial charge in [0.15, 0.2) is 0 Å². The van der Waals surface area contributed by atoms with Crippen molar-refractivity contribution < 1.29 is 35.9 Å². The summed E-state index contributed by atoms with van der Waals surface area (Å²) in [6.07, 6.45) is -4.83. The third kappa shape index (κ3) is 6.51. The number of nitrogens with one attached hydrogen (secondary N) is 1. The van der Waals surface area contributed by atoms with Crippen LogP contribution in [0.25, 0.3) is 0 Å². The van der Waals surface area contributed by atoms with Gasteiger partial charge in [0, 0.05) is 24.6 Å². The number of halogens is 3. The van der Waals surface area contributed by atoms with Crippen LogP contribution in [0.2, 0.25) is 0 Å². The van der Waals surface area contributed by atoms with Crippen LogP contribution in [0.3, 0.4) is 0 Å². The highest BCUT2D eigenvalue weighted by Crippen LogP contribution is 2.27. The van der Waals surface area contributed by atoms with Gasteiger partial charge in [0.2, 0.25) is 10.0 Å². The fourth-order valence-corrected chi connectivity index (χ4v) is 5.81. The van der Waals surface area contributed by atoms with E-state index in [1.165, 1.54) is 30.0 Å². The molecule has 0 aromatic heterocycles. The number of hydrogen-bond acceptors (Lipinski definition) is 6. The minimum Gasteiger partial charge on any atom is -0.468 e. The molecule has 1 N–H and O–H groups in total. The van der Waals surface area contributed by atoms with Gasteiger partial charge in [-0.25, -0.2) is 8.42 Å². The predicted molar refractivity (Wildman–Crippen MR) is 120 cm³/mol. The maximum Gasteiger partial charge on any atom is 0.471 e. The van der Waals surface area contributed by atoms with E-state index in [1.54, 1.807) is 0 Å². The second-order valence-electron chi connectivity index (χ2n) is 7.60. The number of alkyl halides is 3. The molecule has 7 nitrogen and oxygen atoms in total. The summed E-state index contributed by atoms with van der Waals surface area (Å²) >= 11 is 1.34. The molecule has 0 bridgehead atoms. The Morgan fingerprint density at radius 3 is 2.50 bits per heavy atom. The third-order valence-electron chi connectivity index (χ3n) is 5.21. The zero-order chi connectivity index (χ0) is 24.9.